The second-order valence-corrected chi connectivity index (χ2v) is 13.3. The van der Waals surface area contributed by atoms with E-state index in [2.05, 4.69) is 50.8 Å². The number of carbonyl (C=O) groups excluding carboxylic acids is 2. The molecule has 10 heteroatoms. The summed E-state index contributed by atoms with van der Waals surface area (Å²) in [6.07, 6.45) is 0.993. The molecule has 2 aromatic carbocycles. The highest BCUT2D eigenvalue weighted by atomic mass is 32.2. The molecule has 2 atom stereocenters. The molecule has 0 aromatic heterocycles. The van der Waals surface area contributed by atoms with Crippen LogP contribution < -0.4 is 14.5 Å². The minimum Gasteiger partial charge on any atom is -0.482 e. The first-order chi connectivity index (χ1) is 18.5. The van der Waals surface area contributed by atoms with Crippen molar-refractivity contribution >= 4 is 33.2 Å². The van der Waals surface area contributed by atoms with Crippen LogP contribution in [0.4, 0.5) is 11.4 Å². The first-order valence-electron chi connectivity index (χ1n) is 13.7. The van der Waals surface area contributed by atoms with Crippen LogP contribution in [0.5, 0.6) is 5.75 Å². The Morgan fingerprint density at radius 2 is 1.64 bits per heavy atom. The van der Waals surface area contributed by atoms with E-state index in [1.165, 1.54) is 38.2 Å². The van der Waals surface area contributed by atoms with Crippen LogP contribution >= 0.6 is 0 Å². The van der Waals surface area contributed by atoms with Crippen molar-refractivity contribution in [3.05, 3.63) is 47.5 Å². The maximum absolute atomic E-state index is 13.5. The van der Waals surface area contributed by atoms with E-state index in [1.807, 2.05) is 0 Å². The van der Waals surface area contributed by atoms with Crippen LogP contribution in [0.3, 0.4) is 0 Å². The smallest absolute Gasteiger partial charge is 0.265 e. The number of amides is 2. The number of aryl methyl sites for hydroxylation is 2. The first kappa shape index (κ1) is 27.5. The van der Waals surface area contributed by atoms with E-state index in [4.69, 9.17) is 4.74 Å². The second-order valence-electron chi connectivity index (χ2n) is 11.3. The lowest BCUT2D eigenvalue weighted by molar-refractivity contribution is -0.132. The molecule has 2 saturated heterocycles. The molecule has 0 spiro atoms. The van der Waals surface area contributed by atoms with E-state index < -0.39 is 10.0 Å². The summed E-state index contributed by atoms with van der Waals surface area (Å²) in [5.74, 6) is 0.427. The number of fused-ring (bicyclic) bond motifs is 1. The van der Waals surface area contributed by atoms with Crippen LogP contribution in [0, 0.1) is 25.7 Å². The highest BCUT2D eigenvalue weighted by Gasteiger charge is 2.35. The fraction of sp³-hybridized carbons (Fsp3) is 0.517. The van der Waals surface area contributed by atoms with Crippen molar-refractivity contribution in [3.63, 3.8) is 0 Å². The Balaban J connectivity index is 1.31. The van der Waals surface area contributed by atoms with Gasteiger partial charge in [0.05, 0.1) is 10.6 Å². The second kappa shape index (κ2) is 10.8. The number of hydrogen-bond donors (Lipinski definition) is 0. The molecule has 0 saturated carbocycles. The van der Waals surface area contributed by atoms with E-state index in [0.717, 1.165) is 6.42 Å². The van der Waals surface area contributed by atoms with Gasteiger partial charge in [0.2, 0.25) is 15.9 Å². The van der Waals surface area contributed by atoms with Gasteiger partial charge in [0, 0.05) is 45.0 Å². The van der Waals surface area contributed by atoms with Gasteiger partial charge in [-0.3, -0.25) is 14.5 Å². The lowest BCUT2D eigenvalue weighted by Gasteiger charge is -2.38. The Morgan fingerprint density at radius 1 is 0.949 bits per heavy atom. The number of benzene rings is 2. The quantitative estimate of drug-likeness (QED) is 0.565. The molecule has 2 aromatic rings. The van der Waals surface area contributed by atoms with Crippen molar-refractivity contribution in [1.29, 1.82) is 0 Å². The minimum absolute atomic E-state index is 0.112. The zero-order valence-electron chi connectivity index (χ0n) is 23.2. The van der Waals surface area contributed by atoms with Gasteiger partial charge in [0.1, 0.15) is 12.3 Å². The summed E-state index contributed by atoms with van der Waals surface area (Å²) in [7, 11) is -3.75. The van der Waals surface area contributed by atoms with Crippen LogP contribution in [0.2, 0.25) is 0 Å². The standard InChI is InChI=1S/C29H38N4O5S/c1-20-5-6-23(4)25(14-20)30-9-11-31(12-10-30)28(34)18-33-26-15-24(7-8-27(26)38-19-29(33)35)39(36,37)32-16-21(2)13-22(3)17-32/h5-8,14-15,21-22H,9-13,16-19H2,1-4H3/t21-,22+. The van der Waals surface area contributed by atoms with E-state index >= 15 is 0 Å². The molecule has 3 aliphatic rings. The number of hydrogen-bond acceptors (Lipinski definition) is 6. The summed E-state index contributed by atoms with van der Waals surface area (Å²) in [6, 6.07) is 11.0. The molecule has 2 amide bonds. The van der Waals surface area contributed by atoms with Gasteiger partial charge in [0.25, 0.3) is 5.91 Å². The third-order valence-electron chi connectivity index (χ3n) is 7.98. The summed E-state index contributed by atoms with van der Waals surface area (Å²) in [5.41, 5.74) is 3.91. The largest absolute Gasteiger partial charge is 0.482 e. The molecule has 0 bridgehead atoms. The Labute approximate surface area is 231 Å². The lowest BCUT2D eigenvalue weighted by atomic mass is 9.94. The van der Waals surface area contributed by atoms with E-state index in [1.54, 1.807) is 11.0 Å². The van der Waals surface area contributed by atoms with E-state index in [-0.39, 0.29) is 41.7 Å². The normalized spacial score (nSPS) is 22.5. The highest BCUT2D eigenvalue weighted by Crippen LogP contribution is 2.36. The Hall–Kier alpha value is -3.11. The van der Waals surface area contributed by atoms with Gasteiger partial charge < -0.3 is 14.5 Å². The molecule has 3 aliphatic heterocycles. The third-order valence-corrected chi connectivity index (χ3v) is 9.81. The zero-order valence-corrected chi connectivity index (χ0v) is 24.0. The Bertz CT molecular complexity index is 1360. The molecule has 3 heterocycles. The van der Waals surface area contributed by atoms with Crippen molar-refractivity contribution in [3.8, 4) is 5.75 Å². The lowest BCUT2D eigenvalue weighted by Crippen LogP contribution is -2.53. The Morgan fingerprint density at radius 3 is 2.33 bits per heavy atom. The van der Waals surface area contributed by atoms with Crippen molar-refractivity contribution in [2.45, 2.75) is 39.0 Å². The number of nitrogens with zero attached hydrogens (tertiary/aromatic N) is 4. The minimum atomic E-state index is -3.75. The van der Waals surface area contributed by atoms with Gasteiger partial charge in [-0.2, -0.15) is 4.31 Å². The predicted octanol–water partition coefficient (Wildman–Crippen LogP) is 3.04. The SMILES string of the molecule is Cc1ccc(C)c(N2CCN(C(=O)CN3C(=O)COc4ccc(S(=O)(=O)N5C[C@H](C)C[C@H](C)C5)cc43)CC2)c1. The summed E-state index contributed by atoms with van der Waals surface area (Å²) < 4.78 is 34.2. The number of ether oxygens (including phenoxy) is 1. The molecule has 0 unspecified atom stereocenters. The zero-order chi connectivity index (χ0) is 27.9. The number of rotatable bonds is 5. The van der Waals surface area contributed by atoms with Crippen LogP contribution in [-0.2, 0) is 19.6 Å². The third kappa shape index (κ3) is 5.63. The maximum Gasteiger partial charge on any atom is 0.265 e. The van der Waals surface area contributed by atoms with Gasteiger partial charge in [-0.05, 0) is 67.5 Å². The summed E-state index contributed by atoms with van der Waals surface area (Å²) in [5, 5.41) is 0. The summed E-state index contributed by atoms with van der Waals surface area (Å²) >= 11 is 0. The van der Waals surface area contributed by atoms with Crippen molar-refractivity contribution in [1.82, 2.24) is 9.21 Å². The van der Waals surface area contributed by atoms with E-state index in [0.29, 0.717) is 50.7 Å². The van der Waals surface area contributed by atoms with Gasteiger partial charge in [-0.1, -0.05) is 26.0 Å². The van der Waals surface area contributed by atoms with Crippen molar-refractivity contribution in [2.24, 2.45) is 11.8 Å². The van der Waals surface area contributed by atoms with Gasteiger partial charge in [0.15, 0.2) is 6.61 Å². The summed E-state index contributed by atoms with van der Waals surface area (Å²) in [6.45, 7) is 11.4. The highest BCUT2D eigenvalue weighted by molar-refractivity contribution is 7.89. The molecular formula is C29H38N4O5S. The first-order valence-corrected chi connectivity index (χ1v) is 15.1. The molecule has 0 radical (unpaired) electrons. The average Bonchev–Trinajstić information content (AvgIpc) is 2.91. The molecule has 9 nitrogen and oxygen atoms in total. The van der Waals surface area contributed by atoms with Gasteiger partial charge in [-0.25, -0.2) is 8.42 Å². The fourth-order valence-corrected chi connectivity index (χ4v) is 7.66. The number of sulfonamides is 1. The van der Waals surface area contributed by atoms with E-state index in [9.17, 15) is 18.0 Å². The Kier molecular flexibility index (Phi) is 7.61. The number of carbonyl (C=O) groups is 2. The topological polar surface area (TPSA) is 90.5 Å². The van der Waals surface area contributed by atoms with Crippen LogP contribution in [0.1, 0.15) is 31.4 Å². The van der Waals surface area contributed by atoms with Crippen molar-refractivity contribution in [2.75, 3.05) is 62.2 Å². The monoisotopic (exact) mass is 554 g/mol. The van der Waals surface area contributed by atoms with Crippen LogP contribution in [-0.4, -0.2) is 81.9 Å². The molecule has 0 aliphatic carbocycles. The molecule has 5 rings (SSSR count). The molecular weight excluding hydrogens is 516 g/mol. The maximum atomic E-state index is 13.5. The van der Waals surface area contributed by atoms with Gasteiger partial charge >= 0.3 is 0 Å². The molecule has 2 fully saturated rings. The average molecular weight is 555 g/mol. The number of piperidine rings is 1. The predicted molar refractivity (Wildman–Crippen MR) is 151 cm³/mol. The summed E-state index contributed by atoms with van der Waals surface area (Å²) in [4.78, 5) is 31.8. The molecule has 39 heavy (non-hydrogen) atoms. The number of piperazine rings is 1. The fourth-order valence-electron chi connectivity index (χ4n) is 5.96. The van der Waals surface area contributed by atoms with Gasteiger partial charge in [-0.15, -0.1) is 0 Å². The molecule has 210 valence electrons. The van der Waals surface area contributed by atoms with Crippen LogP contribution in [0.25, 0.3) is 0 Å². The van der Waals surface area contributed by atoms with Crippen LogP contribution in [0.15, 0.2) is 41.3 Å². The molecule has 0 N–H and O–H groups in total. The van der Waals surface area contributed by atoms with Crippen molar-refractivity contribution < 1.29 is 22.7 Å². The number of anilines is 2.